The summed E-state index contributed by atoms with van der Waals surface area (Å²) in [5, 5.41) is 8.01. The van der Waals surface area contributed by atoms with Crippen molar-refractivity contribution in [2.45, 2.75) is 5.41 Å². The maximum absolute atomic E-state index is 3.83. The van der Waals surface area contributed by atoms with E-state index in [0.717, 1.165) is 4.47 Å². The Morgan fingerprint density at radius 2 is 1.18 bits per heavy atom. The molecule has 7 aromatic rings. The van der Waals surface area contributed by atoms with Gasteiger partial charge in [0.1, 0.15) is 0 Å². The lowest BCUT2D eigenvalue weighted by atomic mass is 9.65. The lowest BCUT2D eigenvalue weighted by Gasteiger charge is -2.35. The van der Waals surface area contributed by atoms with Gasteiger partial charge in [0.25, 0.3) is 0 Å². The first-order chi connectivity index (χ1) is 18.7. The van der Waals surface area contributed by atoms with Crippen LogP contribution in [0.3, 0.4) is 0 Å². The molecule has 7 aromatic carbocycles. The third kappa shape index (κ3) is 2.41. The Labute approximate surface area is 229 Å². The van der Waals surface area contributed by atoms with Gasteiger partial charge >= 0.3 is 0 Å². The van der Waals surface area contributed by atoms with Crippen LogP contribution >= 0.6 is 15.9 Å². The highest BCUT2D eigenvalue weighted by Crippen LogP contribution is 2.61. The molecule has 0 N–H and O–H groups in total. The van der Waals surface area contributed by atoms with Crippen molar-refractivity contribution < 1.29 is 0 Å². The Morgan fingerprint density at radius 1 is 0.474 bits per heavy atom. The minimum Gasteiger partial charge on any atom is -0.0619 e. The third-order valence-electron chi connectivity index (χ3n) is 8.88. The predicted octanol–water partition coefficient (Wildman–Crippen LogP) is 10.2. The van der Waals surface area contributed by atoms with E-state index in [9.17, 15) is 0 Å². The molecule has 0 saturated heterocycles. The topological polar surface area (TPSA) is 0 Å². The minimum atomic E-state index is -0.421. The van der Waals surface area contributed by atoms with E-state index in [2.05, 4.69) is 143 Å². The van der Waals surface area contributed by atoms with Crippen LogP contribution < -0.4 is 0 Å². The fraction of sp³-hybridized carbons (Fsp3) is 0.0270. The van der Waals surface area contributed by atoms with Gasteiger partial charge < -0.3 is 0 Å². The molecule has 0 heterocycles. The monoisotopic (exact) mass is 544 g/mol. The van der Waals surface area contributed by atoms with Gasteiger partial charge in [0.15, 0.2) is 0 Å². The maximum Gasteiger partial charge on any atom is 0.0725 e. The number of halogens is 1. The van der Waals surface area contributed by atoms with Crippen LogP contribution in [0.1, 0.15) is 33.4 Å². The summed E-state index contributed by atoms with van der Waals surface area (Å²) in [6.45, 7) is 0. The summed E-state index contributed by atoms with van der Waals surface area (Å²) in [7, 11) is 0. The summed E-state index contributed by atoms with van der Waals surface area (Å²) in [6, 6.07) is 43.2. The van der Waals surface area contributed by atoms with Crippen LogP contribution in [0.15, 0.2) is 120 Å². The van der Waals surface area contributed by atoms with E-state index in [0.29, 0.717) is 0 Å². The number of hydrogen-bond acceptors (Lipinski definition) is 0. The van der Waals surface area contributed by atoms with E-state index in [1.165, 1.54) is 76.8 Å². The van der Waals surface area contributed by atoms with Crippen molar-refractivity contribution in [2.24, 2.45) is 0 Å². The zero-order valence-corrected chi connectivity index (χ0v) is 22.1. The first-order valence-corrected chi connectivity index (χ1v) is 13.9. The fourth-order valence-electron chi connectivity index (χ4n) is 7.46. The van der Waals surface area contributed by atoms with Crippen LogP contribution in [0.2, 0.25) is 0 Å². The van der Waals surface area contributed by atoms with Crippen molar-refractivity contribution in [3.8, 4) is 11.1 Å². The molecule has 0 radical (unpaired) electrons. The Morgan fingerprint density at radius 3 is 2.05 bits per heavy atom. The Hall–Kier alpha value is -4.20. The molecular formula is C37H21Br. The van der Waals surface area contributed by atoms with E-state index >= 15 is 0 Å². The number of hydrogen-bond donors (Lipinski definition) is 0. The van der Waals surface area contributed by atoms with E-state index in [-0.39, 0.29) is 0 Å². The normalized spacial score (nSPS) is 17.1. The van der Waals surface area contributed by atoms with E-state index in [1.807, 2.05) is 0 Å². The number of rotatable bonds is 0. The van der Waals surface area contributed by atoms with Gasteiger partial charge in [0, 0.05) is 4.47 Å². The average molecular weight is 545 g/mol. The molecule has 1 unspecified atom stereocenters. The minimum absolute atomic E-state index is 0.421. The summed E-state index contributed by atoms with van der Waals surface area (Å²) in [6.07, 6.45) is 4.59. The van der Waals surface area contributed by atoms with Crippen LogP contribution in [0.25, 0.3) is 55.6 Å². The zero-order chi connectivity index (χ0) is 25.0. The highest BCUT2D eigenvalue weighted by molar-refractivity contribution is 9.10. The molecule has 0 fully saturated rings. The molecule has 0 amide bonds. The quantitative estimate of drug-likeness (QED) is 0.166. The lowest BCUT2D eigenvalue weighted by molar-refractivity contribution is 0.767. The van der Waals surface area contributed by atoms with Gasteiger partial charge in [-0.2, -0.15) is 0 Å². The van der Waals surface area contributed by atoms with Crippen molar-refractivity contribution in [1.29, 1.82) is 0 Å². The molecule has 2 aliphatic carbocycles. The lowest BCUT2D eigenvalue weighted by Crippen LogP contribution is -2.30. The SMILES string of the molecule is Brc1ccc2c(c1)C1(c3ccccc3C=C2)c2ccccc2-c2c1cc1ccc3cccc4ccc2c1c34. The Bertz CT molecular complexity index is 2130. The molecule has 1 spiro atoms. The Balaban J connectivity index is 1.57. The van der Waals surface area contributed by atoms with Gasteiger partial charge in [-0.05, 0) is 95.0 Å². The second-order valence-electron chi connectivity index (χ2n) is 10.6. The molecule has 1 atom stereocenters. The summed E-state index contributed by atoms with van der Waals surface area (Å²) in [5.74, 6) is 0. The molecule has 2 aliphatic rings. The number of benzene rings is 7. The fourth-order valence-corrected chi connectivity index (χ4v) is 7.82. The largest absolute Gasteiger partial charge is 0.0725 e. The van der Waals surface area contributed by atoms with Crippen molar-refractivity contribution >= 4 is 60.4 Å². The van der Waals surface area contributed by atoms with Crippen LogP contribution in [0.5, 0.6) is 0 Å². The van der Waals surface area contributed by atoms with Gasteiger partial charge in [0.05, 0.1) is 5.41 Å². The summed E-state index contributed by atoms with van der Waals surface area (Å²) >= 11 is 3.83. The molecule has 1 heteroatoms. The van der Waals surface area contributed by atoms with Crippen molar-refractivity contribution in [3.05, 3.63) is 153 Å². The van der Waals surface area contributed by atoms with E-state index < -0.39 is 5.41 Å². The first kappa shape index (κ1) is 20.8. The highest BCUT2D eigenvalue weighted by Gasteiger charge is 2.49. The molecular weight excluding hydrogens is 524 g/mol. The van der Waals surface area contributed by atoms with E-state index in [1.54, 1.807) is 0 Å². The van der Waals surface area contributed by atoms with Crippen molar-refractivity contribution in [3.63, 3.8) is 0 Å². The van der Waals surface area contributed by atoms with Crippen LogP contribution in [0.4, 0.5) is 0 Å². The third-order valence-corrected chi connectivity index (χ3v) is 9.37. The zero-order valence-electron chi connectivity index (χ0n) is 20.5. The first-order valence-electron chi connectivity index (χ1n) is 13.1. The maximum atomic E-state index is 3.83. The molecule has 38 heavy (non-hydrogen) atoms. The average Bonchev–Trinajstić information content (AvgIpc) is 3.17. The van der Waals surface area contributed by atoms with Crippen molar-refractivity contribution in [2.75, 3.05) is 0 Å². The summed E-state index contributed by atoms with van der Waals surface area (Å²) in [5.41, 5.74) is 10.2. The van der Waals surface area contributed by atoms with Gasteiger partial charge in [-0.15, -0.1) is 0 Å². The van der Waals surface area contributed by atoms with Crippen LogP contribution in [0, 0.1) is 0 Å². The van der Waals surface area contributed by atoms with Crippen LogP contribution in [-0.4, -0.2) is 0 Å². The van der Waals surface area contributed by atoms with Gasteiger partial charge in [0.2, 0.25) is 0 Å². The standard InChI is InChI=1S/C37H21Br/c38-27-18-16-23-13-12-22-6-1-3-10-30(22)37(32(23)21-27)31-11-4-2-9-28(31)36-29-19-17-25-8-5-7-24-14-15-26(20-33(36)37)35(29)34(24)25/h1-21H. The summed E-state index contributed by atoms with van der Waals surface area (Å²) in [4.78, 5) is 0. The molecule has 0 nitrogen and oxygen atoms in total. The van der Waals surface area contributed by atoms with Gasteiger partial charge in [-0.3, -0.25) is 0 Å². The molecule has 0 aromatic heterocycles. The van der Waals surface area contributed by atoms with Gasteiger partial charge in [-0.1, -0.05) is 125 Å². The smallest absolute Gasteiger partial charge is 0.0619 e. The Kier molecular flexibility index (Phi) is 3.95. The molecule has 0 bridgehead atoms. The van der Waals surface area contributed by atoms with E-state index in [4.69, 9.17) is 0 Å². The predicted molar refractivity (Wildman–Crippen MR) is 164 cm³/mol. The molecule has 0 saturated carbocycles. The molecule has 176 valence electrons. The second-order valence-corrected chi connectivity index (χ2v) is 11.5. The summed E-state index contributed by atoms with van der Waals surface area (Å²) < 4.78 is 1.10. The molecule has 0 aliphatic heterocycles. The van der Waals surface area contributed by atoms with Crippen molar-refractivity contribution in [1.82, 2.24) is 0 Å². The van der Waals surface area contributed by atoms with Crippen LogP contribution in [-0.2, 0) is 5.41 Å². The molecule has 9 rings (SSSR count). The number of fused-ring (bicyclic) bond motifs is 10. The second kappa shape index (κ2) is 7.22. The van der Waals surface area contributed by atoms with Gasteiger partial charge in [-0.25, -0.2) is 0 Å². The highest BCUT2D eigenvalue weighted by atomic mass is 79.9.